The average molecular weight is 497 g/mol. The summed E-state index contributed by atoms with van der Waals surface area (Å²) < 4.78 is 25.5. The standard InChI is InChI=1S/C29H37FO4Si/c1-29(2,3)35(4,5)34-27(20-22-13-16-24(30)17-14-22)25(31)18-15-21-9-6-7-10-23(19-21)26-11-8-12-28(32)33-26/h6-7,9-10,13-18,26-27H,8,11-12,19-20H2,1-5H3/b18-15+/t26-,27-/m0/s1. The van der Waals surface area contributed by atoms with E-state index < -0.39 is 14.4 Å². The number of carbonyl (C=O) groups excluding carboxylic acids is 2. The van der Waals surface area contributed by atoms with Crippen LogP contribution in [-0.4, -0.2) is 32.3 Å². The second-order valence-corrected chi connectivity index (χ2v) is 15.6. The number of ether oxygens (including phenoxy) is 1. The lowest BCUT2D eigenvalue weighted by Crippen LogP contribution is -2.46. The highest BCUT2D eigenvalue weighted by Crippen LogP contribution is 2.38. The van der Waals surface area contributed by atoms with E-state index in [-0.39, 0.29) is 28.7 Å². The summed E-state index contributed by atoms with van der Waals surface area (Å²) in [5, 5.41) is -0.0518. The molecular weight excluding hydrogens is 459 g/mol. The zero-order valence-corrected chi connectivity index (χ0v) is 22.5. The lowest BCUT2D eigenvalue weighted by molar-refractivity contribution is -0.151. The van der Waals surface area contributed by atoms with Crippen LogP contribution in [0.25, 0.3) is 0 Å². The quantitative estimate of drug-likeness (QED) is 0.226. The smallest absolute Gasteiger partial charge is 0.306 e. The molecule has 0 saturated carbocycles. The first-order valence-corrected chi connectivity index (χ1v) is 15.3. The summed E-state index contributed by atoms with van der Waals surface area (Å²) in [5.74, 6) is -0.566. The fourth-order valence-corrected chi connectivity index (χ4v) is 5.15. The molecule has 1 aromatic rings. The van der Waals surface area contributed by atoms with Crippen LogP contribution >= 0.6 is 0 Å². The van der Waals surface area contributed by atoms with Gasteiger partial charge in [0.05, 0.1) is 0 Å². The number of hydrogen-bond acceptors (Lipinski definition) is 4. The number of carbonyl (C=O) groups is 2. The Labute approximate surface area is 209 Å². The molecule has 0 bridgehead atoms. The average Bonchev–Trinajstić information content (AvgIpc) is 3.03. The van der Waals surface area contributed by atoms with Gasteiger partial charge in [-0.3, -0.25) is 9.59 Å². The summed E-state index contributed by atoms with van der Waals surface area (Å²) >= 11 is 0. The Kier molecular flexibility index (Phi) is 8.83. The molecule has 0 N–H and O–H groups in total. The van der Waals surface area contributed by atoms with Crippen LogP contribution in [0, 0.1) is 5.82 Å². The topological polar surface area (TPSA) is 52.6 Å². The summed E-state index contributed by atoms with van der Waals surface area (Å²) in [6.45, 7) is 10.7. The zero-order valence-electron chi connectivity index (χ0n) is 21.5. The van der Waals surface area contributed by atoms with E-state index in [1.165, 1.54) is 12.1 Å². The van der Waals surface area contributed by atoms with Gasteiger partial charge < -0.3 is 9.16 Å². The van der Waals surface area contributed by atoms with E-state index in [0.29, 0.717) is 19.3 Å². The summed E-state index contributed by atoms with van der Waals surface area (Å²) in [7, 11) is -2.22. The maximum atomic E-state index is 13.4. The third-order valence-electron chi connectivity index (χ3n) is 7.03. The van der Waals surface area contributed by atoms with Gasteiger partial charge in [-0.2, -0.15) is 0 Å². The number of esters is 1. The molecule has 0 aromatic heterocycles. The summed E-state index contributed by atoms with van der Waals surface area (Å²) in [6.07, 6.45) is 13.5. The molecule has 4 nitrogen and oxygen atoms in total. The number of benzene rings is 1. The van der Waals surface area contributed by atoms with Gasteiger partial charge in [0, 0.05) is 12.8 Å². The van der Waals surface area contributed by atoms with E-state index in [1.807, 2.05) is 30.4 Å². The largest absolute Gasteiger partial charge is 0.458 e. The van der Waals surface area contributed by atoms with Crippen LogP contribution in [0.15, 0.2) is 71.9 Å². The molecule has 1 aromatic carbocycles. The Bertz CT molecular complexity index is 1040. The first kappa shape index (κ1) is 27.0. The predicted molar refractivity (Wildman–Crippen MR) is 140 cm³/mol. The Morgan fingerprint density at radius 3 is 2.54 bits per heavy atom. The van der Waals surface area contributed by atoms with Crippen molar-refractivity contribution in [3.05, 3.63) is 83.2 Å². The molecule has 6 heteroatoms. The van der Waals surface area contributed by atoms with Crippen LogP contribution in [0.3, 0.4) is 0 Å². The lowest BCUT2D eigenvalue weighted by atomic mass is 9.95. The second kappa shape index (κ2) is 11.4. The highest BCUT2D eigenvalue weighted by atomic mass is 28.4. The maximum absolute atomic E-state index is 13.4. The van der Waals surface area contributed by atoms with Crippen molar-refractivity contribution in [1.29, 1.82) is 0 Å². The third-order valence-corrected chi connectivity index (χ3v) is 11.5. The van der Waals surface area contributed by atoms with Gasteiger partial charge in [-0.05, 0) is 72.3 Å². The van der Waals surface area contributed by atoms with E-state index >= 15 is 0 Å². The monoisotopic (exact) mass is 496 g/mol. The van der Waals surface area contributed by atoms with Crippen LogP contribution in [0.1, 0.15) is 52.0 Å². The fourth-order valence-electron chi connectivity index (χ4n) is 3.88. The van der Waals surface area contributed by atoms with E-state index in [4.69, 9.17) is 9.16 Å². The van der Waals surface area contributed by atoms with Gasteiger partial charge in [-0.25, -0.2) is 4.39 Å². The minimum atomic E-state index is -2.22. The van der Waals surface area contributed by atoms with E-state index in [1.54, 1.807) is 18.2 Å². The molecule has 0 spiro atoms. The molecule has 0 unspecified atom stereocenters. The minimum Gasteiger partial charge on any atom is -0.458 e. The van der Waals surface area contributed by atoms with Gasteiger partial charge in [0.15, 0.2) is 14.1 Å². The molecule has 188 valence electrons. The highest BCUT2D eigenvalue weighted by Gasteiger charge is 2.40. The number of allylic oxidation sites excluding steroid dienone is 6. The molecule has 1 aliphatic carbocycles. The van der Waals surface area contributed by atoms with Gasteiger partial charge in [0.1, 0.15) is 18.0 Å². The molecule has 3 rings (SSSR count). The number of halogens is 1. The van der Waals surface area contributed by atoms with Crippen molar-refractivity contribution in [2.24, 2.45) is 0 Å². The third kappa shape index (κ3) is 7.71. The Morgan fingerprint density at radius 1 is 1.20 bits per heavy atom. The van der Waals surface area contributed by atoms with Crippen molar-refractivity contribution in [3.8, 4) is 0 Å². The van der Waals surface area contributed by atoms with Crippen LogP contribution < -0.4 is 0 Å². The highest BCUT2D eigenvalue weighted by molar-refractivity contribution is 6.74. The lowest BCUT2D eigenvalue weighted by Gasteiger charge is -2.38. The normalized spacial score (nSPS) is 20.2. The van der Waals surface area contributed by atoms with Crippen molar-refractivity contribution in [3.63, 3.8) is 0 Å². The maximum Gasteiger partial charge on any atom is 0.306 e. The Morgan fingerprint density at radius 2 is 1.89 bits per heavy atom. The Hall–Kier alpha value is -2.57. The van der Waals surface area contributed by atoms with Crippen molar-refractivity contribution in [2.45, 2.75) is 83.2 Å². The second-order valence-electron chi connectivity index (χ2n) is 10.8. The summed E-state index contributed by atoms with van der Waals surface area (Å²) in [6, 6.07) is 6.23. The van der Waals surface area contributed by atoms with Crippen molar-refractivity contribution in [2.75, 3.05) is 0 Å². The predicted octanol–water partition coefficient (Wildman–Crippen LogP) is 6.79. The Balaban J connectivity index is 1.76. The van der Waals surface area contributed by atoms with Crippen LogP contribution in [-0.2, 0) is 25.2 Å². The van der Waals surface area contributed by atoms with Gasteiger partial charge >= 0.3 is 5.97 Å². The van der Waals surface area contributed by atoms with Gasteiger partial charge in [-0.15, -0.1) is 0 Å². The van der Waals surface area contributed by atoms with Crippen LogP contribution in [0.4, 0.5) is 4.39 Å². The molecule has 1 saturated heterocycles. The number of rotatable bonds is 8. The molecule has 2 aliphatic rings. The van der Waals surface area contributed by atoms with Gasteiger partial charge in [0.25, 0.3) is 0 Å². The van der Waals surface area contributed by atoms with E-state index in [9.17, 15) is 14.0 Å². The van der Waals surface area contributed by atoms with E-state index in [0.717, 1.165) is 29.6 Å². The SMILES string of the molecule is CC(C)(C)[Si](C)(C)O[C@@H](Cc1ccc(F)cc1)C(=O)/C=C/C1=CC=CC=C([C@@H]2CCCC(=O)O2)C1. The van der Waals surface area contributed by atoms with Crippen molar-refractivity contribution in [1.82, 2.24) is 0 Å². The molecule has 2 atom stereocenters. The van der Waals surface area contributed by atoms with E-state index in [2.05, 4.69) is 33.9 Å². The molecule has 1 fully saturated rings. The van der Waals surface area contributed by atoms with Gasteiger partial charge in [0.2, 0.25) is 0 Å². The first-order valence-electron chi connectivity index (χ1n) is 12.3. The number of ketones is 1. The molecule has 0 radical (unpaired) electrons. The molecule has 1 aliphatic heterocycles. The first-order chi connectivity index (χ1) is 16.4. The number of hydrogen-bond donors (Lipinski definition) is 0. The molecule has 1 heterocycles. The summed E-state index contributed by atoms with van der Waals surface area (Å²) in [4.78, 5) is 25.1. The fraction of sp³-hybridized carbons (Fsp3) is 0.448. The van der Waals surface area contributed by atoms with Crippen LogP contribution in [0.5, 0.6) is 0 Å². The summed E-state index contributed by atoms with van der Waals surface area (Å²) in [5.41, 5.74) is 2.86. The van der Waals surface area contributed by atoms with Crippen LogP contribution in [0.2, 0.25) is 18.1 Å². The van der Waals surface area contributed by atoms with Crippen molar-refractivity contribution >= 4 is 20.1 Å². The molecular formula is C29H37FO4Si. The van der Waals surface area contributed by atoms with Crippen molar-refractivity contribution < 1.29 is 23.1 Å². The number of cyclic esters (lactones) is 1. The molecule has 35 heavy (non-hydrogen) atoms. The van der Waals surface area contributed by atoms with Gasteiger partial charge in [-0.1, -0.05) is 63.3 Å². The molecule has 0 amide bonds. The zero-order chi connectivity index (χ0) is 25.6. The minimum absolute atomic E-state index is 0.0518.